The topological polar surface area (TPSA) is 61.8 Å². The van der Waals surface area contributed by atoms with Crippen LogP contribution in [-0.4, -0.2) is 32.1 Å². The van der Waals surface area contributed by atoms with Gasteiger partial charge in [0, 0.05) is 36.0 Å². The lowest BCUT2D eigenvalue weighted by molar-refractivity contribution is -0.136. The summed E-state index contributed by atoms with van der Waals surface area (Å²) >= 11 is 0. The van der Waals surface area contributed by atoms with Gasteiger partial charge < -0.3 is 14.2 Å². The first kappa shape index (κ1) is 20.9. The zero-order valence-corrected chi connectivity index (χ0v) is 17.3. The maximum atomic E-state index is 12.9. The van der Waals surface area contributed by atoms with E-state index in [4.69, 9.17) is 14.2 Å². The molecule has 5 heteroatoms. The van der Waals surface area contributed by atoms with Gasteiger partial charge in [0.1, 0.15) is 18.1 Å². The van der Waals surface area contributed by atoms with Crippen molar-refractivity contribution in [3.8, 4) is 5.75 Å². The van der Waals surface area contributed by atoms with E-state index in [1.165, 1.54) is 7.11 Å². The van der Waals surface area contributed by atoms with Gasteiger partial charge in [-0.15, -0.1) is 0 Å². The second kappa shape index (κ2) is 9.12. The Bertz CT molecular complexity index is 873. The summed E-state index contributed by atoms with van der Waals surface area (Å²) < 4.78 is 16.9. The summed E-state index contributed by atoms with van der Waals surface area (Å²) in [6.45, 7) is 5.03. The number of hydrogen-bond donors (Lipinski definition) is 0. The number of methoxy groups -OCH3 is 1. The first-order valence-corrected chi connectivity index (χ1v) is 9.93. The molecule has 2 aliphatic rings. The molecule has 0 saturated heterocycles. The molecule has 0 aromatic heterocycles. The highest BCUT2D eigenvalue weighted by Gasteiger charge is 2.35. The third-order valence-electron chi connectivity index (χ3n) is 5.08. The molecular formula is C24H28O5. The van der Waals surface area contributed by atoms with Crippen molar-refractivity contribution in [2.45, 2.75) is 39.5 Å². The molecule has 3 rings (SSSR count). The van der Waals surface area contributed by atoms with Gasteiger partial charge >= 0.3 is 5.97 Å². The van der Waals surface area contributed by atoms with Crippen LogP contribution in [0, 0.1) is 5.41 Å². The van der Waals surface area contributed by atoms with Crippen LogP contribution < -0.4 is 4.74 Å². The molecule has 0 fully saturated rings. The number of Topliss-reactive ketones (excluding diaryl/α,β-unsaturated/α-hetero) is 1. The Labute approximate surface area is 172 Å². The van der Waals surface area contributed by atoms with Gasteiger partial charge in [-0.3, -0.25) is 4.79 Å². The summed E-state index contributed by atoms with van der Waals surface area (Å²) in [5.74, 6) is 0.933. The van der Waals surface area contributed by atoms with Crippen molar-refractivity contribution >= 4 is 17.8 Å². The van der Waals surface area contributed by atoms with Crippen LogP contribution in [0.4, 0.5) is 0 Å². The fourth-order valence-corrected chi connectivity index (χ4v) is 3.63. The first-order chi connectivity index (χ1) is 13.9. The molecular weight excluding hydrogens is 368 g/mol. The number of para-hydroxylation sites is 1. The molecule has 1 aliphatic carbocycles. The second-order valence-corrected chi connectivity index (χ2v) is 8.14. The number of benzene rings is 1. The molecule has 0 saturated carbocycles. The zero-order chi connectivity index (χ0) is 20.9. The normalized spacial score (nSPS) is 22.6. The quantitative estimate of drug-likeness (QED) is 0.512. The van der Waals surface area contributed by atoms with E-state index >= 15 is 0 Å². The Hall–Kier alpha value is -2.82. The van der Waals surface area contributed by atoms with E-state index in [1.54, 1.807) is 6.08 Å². The molecule has 0 N–H and O–H groups in total. The molecule has 5 nitrogen and oxygen atoms in total. The van der Waals surface area contributed by atoms with Crippen LogP contribution in [0.5, 0.6) is 5.75 Å². The number of ketones is 1. The molecule has 0 spiro atoms. The SMILES string of the molecule is COC(=O)/C1=C/c2ccccc2OC/C=C/CCOC2=C(C1)C(=O)CC(C)(C)C2. The van der Waals surface area contributed by atoms with Crippen LogP contribution in [0.2, 0.25) is 0 Å². The molecule has 1 aliphatic heterocycles. The molecule has 1 heterocycles. The van der Waals surface area contributed by atoms with Gasteiger partial charge in [0.25, 0.3) is 0 Å². The lowest BCUT2D eigenvalue weighted by Crippen LogP contribution is -2.27. The van der Waals surface area contributed by atoms with E-state index < -0.39 is 5.97 Å². The minimum absolute atomic E-state index is 0.0261. The van der Waals surface area contributed by atoms with Crippen LogP contribution in [-0.2, 0) is 19.1 Å². The lowest BCUT2D eigenvalue weighted by Gasteiger charge is -2.32. The second-order valence-electron chi connectivity index (χ2n) is 8.14. The van der Waals surface area contributed by atoms with Crippen molar-refractivity contribution in [2.24, 2.45) is 5.41 Å². The van der Waals surface area contributed by atoms with Crippen molar-refractivity contribution in [1.82, 2.24) is 0 Å². The highest BCUT2D eigenvalue weighted by Crippen LogP contribution is 2.39. The van der Waals surface area contributed by atoms with Gasteiger partial charge in [-0.1, -0.05) is 44.2 Å². The predicted octanol–water partition coefficient (Wildman–Crippen LogP) is 4.63. The average molecular weight is 396 g/mol. The van der Waals surface area contributed by atoms with Crippen LogP contribution in [0.1, 0.15) is 45.1 Å². The van der Waals surface area contributed by atoms with Gasteiger partial charge in [-0.05, 0) is 24.0 Å². The van der Waals surface area contributed by atoms with Crippen LogP contribution in [0.25, 0.3) is 6.08 Å². The number of rotatable bonds is 1. The minimum Gasteiger partial charge on any atom is -0.497 e. The third kappa shape index (κ3) is 5.37. The Kier molecular flexibility index (Phi) is 6.57. The van der Waals surface area contributed by atoms with Gasteiger partial charge in [-0.25, -0.2) is 4.79 Å². The summed E-state index contributed by atoms with van der Waals surface area (Å²) in [5, 5.41) is 0. The number of esters is 1. The maximum absolute atomic E-state index is 12.9. The first-order valence-electron chi connectivity index (χ1n) is 9.93. The Morgan fingerprint density at radius 2 is 1.90 bits per heavy atom. The minimum atomic E-state index is -0.462. The number of hydrogen-bond acceptors (Lipinski definition) is 5. The lowest BCUT2D eigenvalue weighted by atomic mass is 9.75. The van der Waals surface area contributed by atoms with Gasteiger partial charge in [0.2, 0.25) is 0 Å². The Morgan fingerprint density at radius 3 is 2.69 bits per heavy atom. The predicted molar refractivity (Wildman–Crippen MR) is 111 cm³/mol. The average Bonchev–Trinajstić information content (AvgIpc) is 2.68. The van der Waals surface area contributed by atoms with Gasteiger partial charge in [-0.2, -0.15) is 0 Å². The summed E-state index contributed by atoms with van der Waals surface area (Å²) in [7, 11) is 1.35. The fourth-order valence-electron chi connectivity index (χ4n) is 3.63. The summed E-state index contributed by atoms with van der Waals surface area (Å²) in [5.41, 5.74) is 1.58. The molecule has 0 amide bonds. The van der Waals surface area contributed by atoms with Crippen molar-refractivity contribution in [2.75, 3.05) is 20.3 Å². The van der Waals surface area contributed by atoms with Crippen LogP contribution >= 0.6 is 0 Å². The smallest absolute Gasteiger partial charge is 0.334 e. The summed E-state index contributed by atoms with van der Waals surface area (Å²) in [6.07, 6.45) is 7.71. The molecule has 0 unspecified atom stereocenters. The number of carbonyl (C=O) groups excluding carboxylic acids is 2. The largest absolute Gasteiger partial charge is 0.497 e. The van der Waals surface area contributed by atoms with E-state index in [1.807, 2.05) is 36.4 Å². The maximum Gasteiger partial charge on any atom is 0.334 e. The molecule has 0 radical (unpaired) electrons. The standard InChI is InChI=1S/C24H28O5/c1-24(2)15-20(25)19-14-18(23(26)27-3)13-17-9-5-6-10-21(17)28-11-7-4-8-12-29-22(19)16-24/h4-7,9-10,13H,8,11-12,14-16H2,1-3H3/b7-4+,18-13+. The van der Waals surface area contributed by atoms with E-state index in [9.17, 15) is 9.59 Å². The van der Waals surface area contributed by atoms with E-state index in [-0.39, 0.29) is 17.6 Å². The van der Waals surface area contributed by atoms with Crippen molar-refractivity contribution in [1.29, 1.82) is 0 Å². The number of allylic oxidation sites excluding steroid dienone is 2. The number of carbonyl (C=O) groups is 2. The zero-order valence-electron chi connectivity index (χ0n) is 17.3. The number of ether oxygens (including phenoxy) is 3. The van der Waals surface area contributed by atoms with Gasteiger partial charge in [0.05, 0.1) is 13.7 Å². The summed E-state index contributed by atoms with van der Waals surface area (Å²) in [4.78, 5) is 25.4. The molecule has 0 bridgehead atoms. The fraction of sp³-hybridized carbons (Fsp3) is 0.417. The monoisotopic (exact) mass is 396 g/mol. The van der Waals surface area contributed by atoms with Crippen molar-refractivity contribution in [3.63, 3.8) is 0 Å². The van der Waals surface area contributed by atoms with Gasteiger partial charge in [0.15, 0.2) is 5.78 Å². The van der Waals surface area contributed by atoms with E-state index in [0.717, 1.165) is 12.0 Å². The highest BCUT2D eigenvalue weighted by atomic mass is 16.5. The van der Waals surface area contributed by atoms with E-state index in [2.05, 4.69) is 13.8 Å². The summed E-state index contributed by atoms with van der Waals surface area (Å²) in [6, 6.07) is 7.52. The Morgan fingerprint density at radius 1 is 1.10 bits per heavy atom. The van der Waals surface area contributed by atoms with Crippen LogP contribution in [0.15, 0.2) is 53.3 Å². The molecule has 0 atom stereocenters. The van der Waals surface area contributed by atoms with Crippen molar-refractivity contribution in [3.05, 3.63) is 58.9 Å². The Balaban J connectivity index is 2.08. The van der Waals surface area contributed by atoms with E-state index in [0.29, 0.717) is 48.7 Å². The van der Waals surface area contributed by atoms with Crippen molar-refractivity contribution < 1.29 is 23.8 Å². The molecule has 1 aromatic carbocycles. The van der Waals surface area contributed by atoms with Crippen LogP contribution in [0.3, 0.4) is 0 Å². The highest BCUT2D eigenvalue weighted by molar-refractivity contribution is 6.01. The molecule has 154 valence electrons. The third-order valence-corrected chi connectivity index (χ3v) is 5.08. The number of fused-ring (bicyclic) bond motifs is 1. The molecule has 1 aromatic rings. The molecule has 29 heavy (non-hydrogen) atoms.